The Kier molecular flexibility index (Phi) is 3.79. The Morgan fingerprint density at radius 3 is 2.37 bits per heavy atom. The van der Waals surface area contributed by atoms with Gasteiger partial charge in [-0.15, -0.1) is 0 Å². The summed E-state index contributed by atoms with van der Waals surface area (Å²) in [6, 6.07) is 9.41. The lowest BCUT2D eigenvalue weighted by atomic mass is 10.0. The van der Waals surface area contributed by atoms with Crippen LogP contribution in [0.1, 0.15) is 38.2 Å². The van der Waals surface area contributed by atoms with E-state index < -0.39 is 0 Å². The number of fused-ring (bicyclic) bond motifs is 1. The summed E-state index contributed by atoms with van der Waals surface area (Å²) in [5.74, 6) is 1.93. The summed E-state index contributed by atoms with van der Waals surface area (Å²) >= 11 is 0. The standard InChI is InChI=1S/C17H26N2/c1-2-16(18)10-13-6-8-17(9-7-13)19-11-14-4-3-5-15(14)12-19/h6-9,14-16H,2-5,10-12,18H2,1H3. The molecule has 2 heteroatoms. The molecule has 19 heavy (non-hydrogen) atoms. The molecule has 1 heterocycles. The van der Waals surface area contributed by atoms with Crippen molar-refractivity contribution in [3.05, 3.63) is 29.8 Å². The minimum absolute atomic E-state index is 0.303. The second-order valence-electron chi connectivity index (χ2n) is 6.39. The molecule has 1 aliphatic carbocycles. The summed E-state index contributed by atoms with van der Waals surface area (Å²) in [5.41, 5.74) is 8.80. The topological polar surface area (TPSA) is 29.3 Å². The van der Waals surface area contributed by atoms with Crippen LogP contribution >= 0.6 is 0 Å². The summed E-state index contributed by atoms with van der Waals surface area (Å²) < 4.78 is 0. The van der Waals surface area contributed by atoms with Gasteiger partial charge in [0.15, 0.2) is 0 Å². The van der Waals surface area contributed by atoms with Crippen molar-refractivity contribution in [1.82, 2.24) is 0 Å². The lowest BCUT2D eigenvalue weighted by Gasteiger charge is -2.20. The van der Waals surface area contributed by atoms with Gasteiger partial charge in [0.2, 0.25) is 0 Å². The molecule has 1 aliphatic heterocycles. The van der Waals surface area contributed by atoms with Crippen LogP contribution < -0.4 is 10.6 Å². The molecule has 3 unspecified atom stereocenters. The summed E-state index contributed by atoms with van der Waals surface area (Å²) in [7, 11) is 0. The zero-order valence-corrected chi connectivity index (χ0v) is 12.0. The maximum Gasteiger partial charge on any atom is 0.0366 e. The number of benzene rings is 1. The van der Waals surface area contributed by atoms with Crippen LogP contribution in [0.3, 0.4) is 0 Å². The number of rotatable bonds is 4. The monoisotopic (exact) mass is 258 g/mol. The Hall–Kier alpha value is -1.02. The third kappa shape index (κ3) is 2.79. The van der Waals surface area contributed by atoms with Gasteiger partial charge in [0, 0.05) is 24.8 Å². The highest BCUT2D eigenvalue weighted by molar-refractivity contribution is 5.49. The number of hydrogen-bond donors (Lipinski definition) is 1. The first-order valence-electron chi connectivity index (χ1n) is 7.85. The van der Waals surface area contributed by atoms with E-state index in [0.29, 0.717) is 6.04 Å². The van der Waals surface area contributed by atoms with Crippen LogP contribution in [0.25, 0.3) is 0 Å². The molecule has 1 saturated carbocycles. The van der Waals surface area contributed by atoms with Crippen molar-refractivity contribution in [1.29, 1.82) is 0 Å². The van der Waals surface area contributed by atoms with Gasteiger partial charge in [-0.2, -0.15) is 0 Å². The molecule has 0 amide bonds. The predicted octanol–water partition coefficient (Wildman–Crippen LogP) is 3.20. The van der Waals surface area contributed by atoms with Gasteiger partial charge >= 0.3 is 0 Å². The molecule has 0 bridgehead atoms. The lowest BCUT2D eigenvalue weighted by molar-refractivity contribution is 0.494. The number of nitrogens with two attached hydrogens (primary N) is 1. The molecule has 1 aromatic rings. The Morgan fingerprint density at radius 1 is 1.16 bits per heavy atom. The molecule has 0 aromatic heterocycles. The molecule has 2 fully saturated rings. The van der Waals surface area contributed by atoms with Crippen molar-refractivity contribution in [2.24, 2.45) is 17.6 Å². The molecule has 3 rings (SSSR count). The van der Waals surface area contributed by atoms with Gasteiger partial charge in [0.05, 0.1) is 0 Å². The molecule has 3 atom stereocenters. The number of anilines is 1. The van der Waals surface area contributed by atoms with Crippen LogP contribution in [-0.4, -0.2) is 19.1 Å². The van der Waals surface area contributed by atoms with Crippen molar-refractivity contribution in [3.63, 3.8) is 0 Å². The molecular formula is C17H26N2. The molecule has 104 valence electrons. The molecule has 2 N–H and O–H groups in total. The van der Waals surface area contributed by atoms with Crippen molar-refractivity contribution >= 4 is 5.69 Å². The van der Waals surface area contributed by atoms with E-state index in [9.17, 15) is 0 Å². The van der Waals surface area contributed by atoms with Gasteiger partial charge in [-0.1, -0.05) is 25.5 Å². The number of nitrogens with zero attached hydrogens (tertiary/aromatic N) is 1. The van der Waals surface area contributed by atoms with Crippen LogP contribution in [0.15, 0.2) is 24.3 Å². The van der Waals surface area contributed by atoms with Gasteiger partial charge < -0.3 is 10.6 Å². The maximum absolute atomic E-state index is 6.02. The summed E-state index contributed by atoms with van der Waals surface area (Å²) in [6.45, 7) is 4.71. The van der Waals surface area contributed by atoms with Crippen LogP contribution in [0, 0.1) is 11.8 Å². The normalized spacial score (nSPS) is 27.6. The first-order valence-corrected chi connectivity index (χ1v) is 7.85. The Labute approximate surface area is 117 Å². The first-order chi connectivity index (χ1) is 9.26. The molecule has 0 spiro atoms. The fourth-order valence-corrected chi connectivity index (χ4v) is 3.74. The fourth-order valence-electron chi connectivity index (χ4n) is 3.74. The van der Waals surface area contributed by atoms with Crippen LogP contribution in [0.5, 0.6) is 0 Å². The molecule has 1 saturated heterocycles. The van der Waals surface area contributed by atoms with Crippen molar-refractivity contribution in [2.45, 2.75) is 45.1 Å². The van der Waals surface area contributed by atoms with E-state index in [1.165, 1.54) is 43.6 Å². The predicted molar refractivity (Wildman–Crippen MR) is 81.5 cm³/mol. The van der Waals surface area contributed by atoms with Crippen molar-refractivity contribution in [2.75, 3.05) is 18.0 Å². The minimum atomic E-state index is 0.303. The summed E-state index contributed by atoms with van der Waals surface area (Å²) in [6.07, 6.45) is 6.41. The molecule has 0 radical (unpaired) electrons. The zero-order valence-electron chi connectivity index (χ0n) is 12.0. The van der Waals surface area contributed by atoms with E-state index in [1.54, 1.807) is 0 Å². The molecule has 2 nitrogen and oxygen atoms in total. The van der Waals surface area contributed by atoms with Gasteiger partial charge in [0.25, 0.3) is 0 Å². The second kappa shape index (κ2) is 5.54. The molecular weight excluding hydrogens is 232 g/mol. The van der Waals surface area contributed by atoms with Gasteiger partial charge in [-0.25, -0.2) is 0 Å². The second-order valence-corrected chi connectivity index (χ2v) is 6.39. The van der Waals surface area contributed by atoms with Gasteiger partial charge in [0.1, 0.15) is 0 Å². The molecule has 1 aromatic carbocycles. The van der Waals surface area contributed by atoms with E-state index in [-0.39, 0.29) is 0 Å². The Bertz CT molecular complexity index is 400. The highest BCUT2D eigenvalue weighted by Crippen LogP contribution is 2.39. The maximum atomic E-state index is 6.02. The van der Waals surface area contributed by atoms with Crippen LogP contribution in [0.4, 0.5) is 5.69 Å². The Balaban J connectivity index is 1.63. The highest BCUT2D eigenvalue weighted by atomic mass is 15.2. The SMILES string of the molecule is CCC(N)Cc1ccc(N2CC3CCCC3C2)cc1. The largest absolute Gasteiger partial charge is 0.371 e. The van der Waals surface area contributed by atoms with Gasteiger partial charge in [-0.3, -0.25) is 0 Å². The van der Waals surface area contributed by atoms with Crippen molar-refractivity contribution in [3.8, 4) is 0 Å². The average Bonchev–Trinajstić information content (AvgIpc) is 3.00. The van der Waals surface area contributed by atoms with Crippen LogP contribution in [-0.2, 0) is 6.42 Å². The summed E-state index contributed by atoms with van der Waals surface area (Å²) in [4.78, 5) is 2.58. The minimum Gasteiger partial charge on any atom is -0.371 e. The Morgan fingerprint density at radius 2 is 1.79 bits per heavy atom. The van der Waals surface area contributed by atoms with E-state index in [1.807, 2.05) is 0 Å². The average molecular weight is 258 g/mol. The smallest absolute Gasteiger partial charge is 0.0366 e. The fraction of sp³-hybridized carbons (Fsp3) is 0.647. The highest BCUT2D eigenvalue weighted by Gasteiger charge is 2.35. The lowest BCUT2D eigenvalue weighted by Crippen LogP contribution is -2.22. The third-order valence-electron chi connectivity index (χ3n) is 5.05. The third-order valence-corrected chi connectivity index (χ3v) is 5.05. The van der Waals surface area contributed by atoms with Gasteiger partial charge in [-0.05, 0) is 55.2 Å². The molecule has 2 aliphatic rings. The zero-order chi connectivity index (χ0) is 13.2. The van der Waals surface area contributed by atoms with E-state index in [4.69, 9.17) is 5.73 Å². The van der Waals surface area contributed by atoms with E-state index in [2.05, 4.69) is 36.1 Å². The van der Waals surface area contributed by atoms with E-state index in [0.717, 1.165) is 24.7 Å². The quantitative estimate of drug-likeness (QED) is 0.898. The first kappa shape index (κ1) is 13.0. The van der Waals surface area contributed by atoms with Crippen molar-refractivity contribution < 1.29 is 0 Å². The van der Waals surface area contributed by atoms with E-state index >= 15 is 0 Å². The number of hydrogen-bond acceptors (Lipinski definition) is 2. The van der Waals surface area contributed by atoms with Crippen LogP contribution in [0.2, 0.25) is 0 Å². The summed E-state index contributed by atoms with van der Waals surface area (Å²) in [5, 5.41) is 0.